The van der Waals surface area contributed by atoms with Gasteiger partial charge in [0.25, 0.3) is 0 Å². The minimum Gasteiger partial charge on any atom is -0.496 e. The van der Waals surface area contributed by atoms with Crippen molar-refractivity contribution < 1.29 is 28.9 Å². The summed E-state index contributed by atoms with van der Waals surface area (Å²) in [4.78, 5) is 4.61. The lowest BCUT2D eigenvalue weighted by Crippen LogP contribution is -3.13. The third-order valence-electron chi connectivity index (χ3n) is 4.64. The van der Waals surface area contributed by atoms with Crippen LogP contribution in [-0.4, -0.2) is 75.7 Å². The van der Waals surface area contributed by atoms with E-state index in [9.17, 15) is 0 Å². The molecule has 0 atom stereocenters. The number of rotatable bonds is 13. The molecule has 26 heavy (non-hydrogen) atoms. The van der Waals surface area contributed by atoms with Gasteiger partial charge in [0.15, 0.2) is 11.5 Å². The molecular formula is C20H40N3O3+3. The normalized spacial score (nSPS) is 11.5. The van der Waals surface area contributed by atoms with Crippen molar-refractivity contribution in [3.05, 3.63) is 17.7 Å². The fourth-order valence-corrected chi connectivity index (χ4v) is 3.19. The first-order chi connectivity index (χ1) is 12.4. The SMILES string of the molecule is COc1cc(OC)c(OC)cc1C[NH+](CCC[NH+](C)C)CCC[NH+](C)C. The van der Waals surface area contributed by atoms with Crippen LogP contribution in [0, 0.1) is 0 Å². The van der Waals surface area contributed by atoms with E-state index in [1.807, 2.05) is 6.07 Å². The molecule has 150 valence electrons. The maximum atomic E-state index is 5.62. The Morgan fingerprint density at radius 3 is 1.54 bits per heavy atom. The highest BCUT2D eigenvalue weighted by Gasteiger charge is 2.18. The molecule has 1 aromatic carbocycles. The summed E-state index contributed by atoms with van der Waals surface area (Å²) in [6, 6.07) is 3.99. The van der Waals surface area contributed by atoms with Gasteiger partial charge < -0.3 is 28.9 Å². The first-order valence-electron chi connectivity index (χ1n) is 9.61. The van der Waals surface area contributed by atoms with Crippen LogP contribution in [0.25, 0.3) is 0 Å². The number of benzene rings is 1. The van der Waals surface area contributed by atoms with E-state index < -0.39 is 0 Å². The summed E-state index contributed by atoms with van der Waals surface area (Å²) < 4.78 is 16.5. The second kappa shape index (κ2) is 12.0. The van der Waals surface area contributed by atoms with Crippen molar-refractivity contribution in [2.45, 2.75) is 19.4 Å². The summed E-state index contributed by atoms with van der Waals surface area (Å²) in [6.45, 7) is 5.68. The predicted molar refractivity (Wildman–Crippen MR) is 105 cm³/mol. The van der Waals surface area contributed by atoms with E-state index in [1.165, 1.54) is 54.4 Å². The first-order valence-corrected chi connectivity index (χ1v) is 9.61. The molecule has 0 amide bonds. The van der Waals surface area contributed by atoms with Crippen LogP contribution in [0.4, 0.5) is 0 Å². The van der Waals surface area contributed by atoms with Gasteiger partial charge in [-0.15, -0.1) is 0 Å². The molecule has 3 N–H and O–H groups in total. The summed E-state index contributed by atoms with van der Waals surface area (Å²) in [7, 11) is 13.9. The van der Waals surface area contributed by atoms with E-state index >= 15 is 0 Å². The second-order valence-electron chi connectivity index (χ2n) is 7.57. The number of nitrogens with one attached hydrogen (secondary N) is 3. The largest absolute Gasteiger partial charge is 0.496 e. The Labute approximate surface area is 159 Å². The minimum atomic E-state index is 0.710. The fourth-order valence-electron chi connectivity index (χ4n) is 3.19. The maximum Gasteiger partial charge on any atom is 0.164 e. The van der Waals surface area contributed by atoms with Crippen molar-refractivity contribution in [3.8, 4) is 17.2 Å². The molecule has 0 heterocycles. The van der Waals surface area contributed by atoms with Crippen LogP contribution in [0.5, 0.6) is 17.2 Å². The number of ether oxygens (including phenoxy) is 3. The second-order valence-corrected chi connectivity index (χ2v) is 7.57. The molecule has 0 radical (unpaired) electrons. The van der Waals surface area contributed by atoms with Crippen LogP contribution in [0.3, 0.4) is 0 Å². The first kappa shape index (κ1) is 22.5. The summed E-state index contributed by atoms with van der Waals surface area (Å²) >= 11 is 0. The topological polar surface area (TPSA) is 41.0 Å². The van der Waals surface area contributed by atoms with Gasteiger partial charge in [-0.05, 0) is 6.07 Å². The summed E-state index contributed by atoms with van der Waals surface area (Å²) in [5.74, 6) is 2.34. The molecule has 6 heteroatoms. The predicted octanol–water partition coefficient (Wildman–Crippen LogP) is -1.83. The highest BCUT2D eigenvalue weighted by Crippen LogP contribution is 2.34. The Morgan fingerprint density at radius 2 is 1.12 bits per heavy atom. The maximum absolute atomic E-state index is 5.62. The van der Waals surface area contributed by atoms with Crippen LogP contribution in [0.1, 0.15) is 18.4 Å². The van der Waals surface area contributed by atoms with Gasteiger partial charge in [-0.25, -0.2) is 0 Å². The molecule has 0 saturated carbocycles. The number of hydrogen-bond donors (Lipinski definition) is 3. The molecule has 1 aromatic rings. The van der Waals surface area contributed by atoms with Crippen molar-refractivity contribution in [3.63, 3.8) is 0 Å². The lowest BCUT2D eigenvalue weighted by Gasteiger charge is -2.22. The van der Waals surface area contributed by atoms with Crippen molar-refractivity contribution >= 4 is 0 Å². The van der Waals surface area contributed by atoms with Gasteiger partial charge in [0.2, 0.25) is 0 Å². The van der Waals surface area contributed by atoms with E-state index in [0.717, 1.165) is 18.0 Å². The van der Waals surface area contributed by atoms with Crippen molar-refractivity contribution in [1.82, 2.24) is 0 Å². The van der Waals surface area contributed by atoms with Crippen LogP contribution in [0.15, 0.2) is 12.1 Å². The zero-order valence-electron chi connectivity index (χ0n) is 17.8. The lowest BCUT2D eigenvalue weighted by atomic mass is 10.1. The van der Waals surface area contributed by atoms with Crippen LogP contribution >= 0.6 is 0 Å². The Morgan fingerprint density at radius 1 is 0.654 bits per heavy atom. The third-order valence-corrected chi connectivity index (χ3v) is 4.64. The van der Waals surface area contributed by atoms with Gasteiger partial charge in [0, 0.05) is 18.9 Å². The standard InChI is InChI=1S/C20H37N3O3/c1-21(2)10-8-12-23(13-9-11-22(3)4)16-17-14-19(25-6)20(26-7)15-18(17)24-5/h14-15H,8-13,16H2,1-7H3/p+3. The fraction of sp³-hybridized carbons (Fsp3) is 0.700. The molecule has 0 aromatic heterocycles. The molecule has 6 nitrogen and oxygen atoms in total. The number of methoxy groups -OCH3 is 3. The van der Waals surface area contributed by atoms with Gasteiger partial charge >= 0.3 is 0 Å². The van der Waals surface area contributed by atoms with Crippen LogP contribution in [0.2, 0.25) is 0 Å². The van der Waals surface area contributed by atoms with Crippen molar-refractivity contribution in [2.24, 2.45) is 0 Å². The van der Waals surface area contributed by atoms with E-state index in [1.54, 1.807) is 26.2 Å². The molecule has 0 aliphatic rings. The molecule has 0 fully saturated rings. The monoisotopic (exact) mass is 370 g/mol. The minimum absolute atomic E-state index is 0.710. The van der Waals surface area contributed by atoms with E-state index in [4.69, 9.17) is 14.2 Å². The van der Waals surface area contributed by atoms with E-state index in [-0.39, 0.29) is 0 Å². The van der Waals surface area contributed by atoms with E-state index in [0.29, 0.717) is 5.75 Å². The molecule has 0 bridgehead atoms. The average molecular weight is 371 g/mol. The molecule has 0 saturated heterocycles. The van der Waals surface area contributed by atoms with Crippen LogP contribution in [-0.2, 0) is 6.54 Å². The number of quaternary nitrogens is 3. The highest BCUT2D eigenvalue weighted by atomic mass is 16.5. The number of hydrogen-bond acceptors (Lipinski definition) is 3. The molecule has 0 spiro atoms. The Balaban J connectivity index is 2.88. The van der Waals surface area contributed by atoms with Crippen molar-refractivity contribution in [2.75, 3.05) is 75.7 Å². The van der Waals surface area contributed by atoms with Crippen LogP contribution < -0.4 is 28.9 Å². The average Bonchev–Trinajstić information content (AvgIpc) is 2.60. The van der Waals surface area contributed by atoms with E-state index in [2.05, 4.69) is 34.3 Å². The molecule has 0 aliphatic carbocycles. The zero-order valence-corrected chi connectivity index (χ0v) is 17.8. The molecule has 0 unspecified atom stereocenters. The Kier molecular flexibility index (Phi) is 10.4. The van der Waals surface area contributed by atoms with Gasteiger partial charge in [-0.1, -0.05) is 0 Å². The Bertz CT molecular complexity index is 507. The van der Waals surface area contributed by atoms with Gasteiger partial charge in [0.1, 0.15) is 12.3 Å². The zero-order chi connectivity index (χ0) is 19.5. The quantitative estimate of drug-likeness (QED) is 0.383. The lowest BCUT2D eigenvalue weighted by molar-refractivity contribution is -0.925. The molecule has 0 aliphatic heterocycles. The van der Waals surface area contributed by atoms with Gasteiger partial charge in [-0.3, -0.25) is 0 Å². The summed E-state index contributed by atoms with van der Waals surface area (Å²) in [6.07, 6.45) is 2.45. The summed E-state index contributed by atoms with van der Waals surface area (Å²) in [5.41, 5.74) is 1.18. The van der Waals surface area contributed by atoms with Gasteiger partial charge in [-0.2, -0.15) is 0 Å². The highest BCUT2D eigenvalue weighted by molar-refractivity contribution is 5.50. The Hall–Kier alpha value is -1.50. The smallest absolute Gasteiger partial charge is 0.164 e. The third kappa shape index (κ3) is 7.81. The van der Waals surface area contributed by atoms with Crippen molar-refractivity contribution in [1.29, 1.82) is 0 Å². The van der Waals surface area contributed by atoms with Gasteiger partial charge in [0.05, 0.1) is 81.3 Å². The summed E-state index contributed by atoms with van der Waals surface area (Å²) in [5, 5.41) is 0. The molecule has 1 rings (SSSR count). The molecular weight excluding hydrogens is 330 g/mol.